The van der Waals surface area contributed by atoms with E-state index in [-0.39, 0.29) is 5.75 Å². The van der Waals surface area contributed by atoms with Gasteiger partial charge in [0.1, 0.15) is 17.2 Å². The first-order valence-electron chi connectivity index (χ1n) is 8.36. The molecular weight excluding hydrogens is 1010 g/mol. The molecule has 0 aromatic heterocycles. The summed E-state index contributed by atoms with van der Waals surface area (Å²) in [5.74, 6) is 1.61. The van der Waals surface area contributed by atoms with Crippen molar-refractivity contribution >= 4 is 143 Å². The van der Waals surface area contributed by atoms with Crippen molar-refractivity contribution in [3.63, 3.8) is 0 Å². The highest BCUT2D eigenvalue weighted by Gasteiger charge is 2.15. The third-order valence-electron chi connectivity index (χ3n) is 3.60. The van der Waals surface area contributed by atoms with Gasteiger partial charge in [-0.2, -0.15) is 0 Å². The fraction of sp³-hybridized carbons (Fsp3) is 0.100. The van der Waals surface area contributed by atoms with Crippen molar-refractivity contribution in [1.29, 1.82) is 0 Å². The molecule has 0 heterocycles. The third kappa shape index (κ3) is 7.94. The van der Waals surface area contributed by atoms with Crippen LogP contribution in [0.25, 0.3) is 0 Å². The molecule has 3 aromatic carbocycles. The van der Waals surface area contributed by atoms with E-state index in [1.807, 2.05) is 31.2 Å². The fourth-order valence-corrected chi connectivity index (χ4v) is 6.10. The molecule has 1 N–H and O–H groups in total. The van der Waals surface area contributed by atoms with Crippen molar-refractivity contribution in [2.24, 2.45) is 0 Å². The Labute approximate surface area is 261 Å². The summed E-state index contributed by atoms with van der Waals surface area (Å²) >= 11 is 30.6. The van der Waals surface area contributed by atoms with E-state index in [1.165, 1.54) is 0 Å². The lowest BCUT2D eigenvalue weighted by molar-refractivity contribution is 0.0209. The molecule has 0 unspecified atom stereocenters. The standard InChI is InChI=1S/C14H8Br6O2.C6H3Br3O/c1-6(21-9-4-2-7(15)11(17)13(9)19)22-10-5-3-8(16)12(18)14(10)20;7-3-1-2-4(10)6(9)5(3)8/h2-6H,1H3;1-2,10H. The molecule has 0 aliphatic rings. The Balaban J connectivity index is 0.000000303. The average molecular weight is 1020 g/mol. The Hall–Kier alpha value is 1.38. The van der Waals surface area contributed by atoms with Crippen LogP contribution in [-0.2, 0) is 0 Å². The summed E-state index contributed by atoms with van der Waals surface area (Å²) < 4.78 is 19.4. The van der Waals surface area contributed by atoms with E-state index in [4.69, 9.17) is 14.6 Å². The van der Waals surface area contributed by atoms with Gasteiger partial charge in [-0.25, -0.2) is 0 Å². The van der Waals surface area contributed by atoms with Crippen molar-refractivity contribution in [1.82, 2.24) is 0 Å². The van der Waals surface area contributed by atoms with Gasteiger partial charge >= 0.3 is 0 Å². The highest BCUT2D eigenvalue weighted by Crippen LogP contribution is 2.40. The van der Waals surface area contributed by atoms with Crippen LogP contribution in [0, 0.1) is 0 Å². The molecule has 0 bridgehead atoms. The minimum atomic E-state index is -0.464. The molecule has 3 rings (SSSR count). The molecule has 3 nitrogen and oxygen atoms in total. The number of hydrogen-bond acceptors (Lipinski definition) is 3. The van der Waals surface area contributed by atoms with Gasteiger partial charge in [-0.15, -0.1) is 0 Å². The Kier molecular flexibility index (Phi) is 12.6. The van der Waals surface area contributed by atoms with E-state index in [1.54, 1.807) is 12.1 Å². The molecular formula is C20H11Br9O3. The highest BCUT2D eigenvalue weighted by atomic mass is 79.9. The van der Waals surface area contributed by atoms with Gasteiger partial charge in [0, 0.05) is 33.8 Å². The van der Waals surface area contributed by atoms with Crippen LogP contribution in [0.1, 0.15) is 6.92 Å². The summed E-state index contributed by atoms with van der Waals surface area (Å²) in [5.41, 5.74) is 0. The molecule has 0 aliphatic carbocycles. The van der Waals surface area contributed by atoms with Gasteiger partial charge in [-0.1, -0.05) is 0 Å². The molecule has 0 spiro atoms. The van der Waals surface area contributed by atoms with Crippen LogP contribution in [-0.4, -0.2) is 11.4 Å². The van der Waals surface area contributed by atoms with Gasteiger partial charge in [-0.3, -0.25) is 0 Å². The van der Waals surface area contributed by atoms with E-state index in [0.29, 0.717) is 16.0 Å². The molecule has 12 heteroatoms. The van der Waals surface area contributed by atoms with Gasteiger partial charge in [0.05, 0.1) is 13.4 Å². The van der Waals surface area contributed by atoms with Crippen molar-refractivity contribution < 1.29 is 14.6 Å². The molecule has 0 saturated carbocycles. The van der Waals surface area contributed by atoms with Crippen LogP contribution in [0.5, 0.6) is 17.2 Å². The lowest BCUT2D eigenvalue weighted by atomic mass is 10.3. The topological polar surface area (TPSA) is 38.7 Å². The summed E-state index contributed by atoms with van der Waals surface area (Å²) in [5, 5.41) is 9.13. The number of rotatable bonds is 4. The quantitative estimate of drug-likeness (QED) is 0.209. The molecule has 0 saturated heterocycles. The van der Waals surface area contributed by atoms with Gasteiger partial charge in [0.2, 0.25) is 6.29 Å². The van der Waals surface area contributed by atoms with Gasteiger partial charge in [0.15, 0.2) is 0 Å². The lowest BCUT2D eigenvalue weighted by Crippen LogP contribution is -2.20. The van der Waals surface area contributed by atoms with Crippen LogP contribution >= 0.6 is 143 Å². The summed E-state index contributed by atoms with van der Waals surface area (Å²) in [6.45, 7) is 1.84. The number of phenols is 1. The summed E-state index contributed by atoms with van der Waals surface area (Å²) in [7, 11) is 0. The molecule has 0 atom stereocenters. The first-order chi connectivity index (χ1) is 14.9. The van der Waals surface area contributed by atoms with Crippen molar-refractivity contribution in [3.8, 4) is 17.2 Å². The van der Waals surface area contributed by atoms with E-state index in [2.05, 4.69) is 143 Å². The second-order valence-electron chi connectivity index (χ2n) is 5.84. The molecule has 0 fully saturated rings. The van der Waals surface area contributed by atoms with Crippen molar-refractivity contribution in [3.05, 3.63) is 76.7 Å². The monoisotopic (exact) mass is 1010 g/mol. The number of aromatic hydroxyl groups is 1. The average Bonchev–Trinajstić information content (AvgIpc) is 2.76. The molecule has 3 aromatic rings. The maximum absolute atomic E-state index is 9.13. The number of phenolic OH excluding ortho intramolecular Hbond substituents is 1. The largest absolute Gasteiger partial charge is 0.507 e. The zero-order chi connectivity index (χ0) is 24.2. The minimum absolute atomic E-state index is 0.232. The normalized spacial score (nSPS) is 10.6. The van der Waals surface area contributed by atoms with E-state index >= 15 is 0 Å². The van der Waals surface area contributed by atoms with Crippen LogP contribution in [0.4, 0.5) is 0 Å². The molecule has 0 amide bonds. The first-order valence-corrected chi connectivity index (χ1v) is 15.5. The fourth-order valence-electron chi connectivity index (χ4n) is 2.10. The second kappa shape index (κ2) is 13.6. The Morgan fingerprint density at radius 3 is 1.25 bits per heavy atom. The highest BCUT2D eigenvalue weighted by molar-refractivity contribution is 9.15. The second-order valence-corrected chi connectivity index (χ2v) is 13.2. The van der Waals surface area contributed by atoms with Gasteiger partial charge in [0.25, 0.3) is 0 Å². The van der Waals surface area contributed by atoms with Crippen LogP contribution in [0.15, 0.2) is 76.7 Å². The van der Waals surface area contributed by atoms with Crippen LogP contribution in [0.2, 0.25) is 0 Å². The van der Waals surface area contributed by atoms with Crippen molar-refractivity contribution in [2.45, 2.75) is 13.2 Å². The first kappa shape index (κ1) is 29.6. The summed E-state index contributed by atoms with van der Waals surface area (Å²) in [6, 6.07) is 10.9. The SMILES string of the molecule is CC(Oc1ccc(Br)c(Br)c1Br)Oc1ccc(Br)c(Br)c1Br.Oc1ccc(Br)c(Br)c1Br. The van der Waals surface area contributed by atoms with Crippen LogP contribution < -0.4 is 9.47 Å². The number of halogens is 9. The molecule has 32 heavy (non-hydrogen) atoms. The number of hydrogen-bond donors (Lipinski definition) is 1. The zero-order valence-electron chi connectivity index (χ0n) is 15.7. The third-order valence-corrected chi connectivity index (χ3v) is 13.6. The van der Waals surface area contributed by atoms with Crippen LogP contribution in [0.3, 0.4) is 0 Å². The number of ether oxygens (including phenoxy) is 2. The molecule has 172 valence electrons. The smallest absolute Gasteiger partial charge is 0.238 e. The Bertz CT molecular complexity index is 1040. The van der Waals surface area contributed by atoms with E-state index in [9.17, 15) is 0 Å². The Morgan fingerprint density at radius 1 is 0.531 bits per heavy atom. The maximum atomic E-state index is 9.13. The predicted molar refractivity (Wildman–Crippen MR) is 161 cm³/mol. The summed E-state index contributed by atoms with van der Waals surface area (Å²) in [4.78, 5) is 0. The lowest BCUT2D eigenvalue weighted by Gasteiger charge is -2.19. The Morgan fingerprint density at radius 2 is 0.875 bits per heavy atom. The zero-order valence-corrected chi connectivity index (χ0v) is 30.0. The van der Waals surface area contributed by atoms with Gasteiger partial charge < -0.3 is 14.6 Å². The maximum Gasteiger partial charge on any atom is 0.238 e. The predicted octanol–water partition coefficient (Wildman–Crippen LogP) is 11.7. The number of benzene rings is 3. The molecule has 0 radical (unpaired) electrons. The van der Waals surface area contributed by atoms with E-state index < -0.39 is 6.29 Å². The van der Waals surface area contributed by atoms with Gasteiger partial charge in [-0.05, 0) is 180 Å². The molecule has 0 aliphatic heterocycles. The van der Waals surface area contributed by atoms with Crippen molar-refractivity contribution in [2.75, 3.05) is 0 Å². The summed E-state index contributed by atoms with van der Waals surface area (Å²) in [6.07, 6.45) is -0.464. The minimum Gasteiger partial charge on any atom is -0.507 e. The van der Waals surface area contributed by atoms with E-state index in [0.717, 1.165) is 35.8 Å².